The van der Waals surface area contributed by atoms with Crippen molar-refractivity contribution in [3.05, 3.63) is 50.9 Å². The number of nitrogens with zero attached hydrogens (tertiary/aromatic N) is 1. The van der Waals surface area contributed by atoms with Gasteiger partial charge in [-0.15, -0.1) is 11.3 Å². The van der Waals surface area contributed by atoms with E-state index in [1.807, 2.05) is 0 Å². The molecule has 0 fully saturated rings. The standard InChI is InChI=1S/C15H17ClN4O2S/c1-15(14(18)22,9-3-2-4-10(16)7-9)20-13(21)11-8-23-12(19-11)5-6-17/h2-4,7-8H,5-6,17H2,1H3,(H2,18,22)(H,20,21). The minimum absolute atomic E-state index is 0.230. The number of thiazole rings is 1. The number of halogens is 1. The zero-order chi connectivity index (χ0) is 17.0. The third-order valence-electron chi connectivity index (χ3n) is 3.40. The van der Waals surface area contributed by atoms with E-state index in [0.717, 1.165) is 5.01 Å². The predicted molar refractivity (Wildman–Crippen MR) is 90.3 cm³/mol. The topological polar surface area (TPSA) is 111 Å². The summed E-state index contributed by atoms with van der Waals surface area (Å²) in [6.07, 6.45) is 0.597. The number of benzene rings is 1. The van der Waals surface area contributed by atoms with Crippen LogP contribution in [0.1, 0.15) is 28.0 Å². The van der Waals surface area contributed by atoms with Crippen molar-refractivity contribution < 1.29 is 9.59 Å². The van der Waals surface area contributed by atoms with E-state index >= 15 is 0 Å². The quantitative estimate of drug-likeness (QED) is 0.730. The number of nitrogens with two attached hydrogens (primary N) is 2. The Morgan fingerprint density at radius 1 is 1.43 bits per heavy atom. The van der Waals surface area contributed by atoms with Crippen LogP contribution in [0, 0.1) is 0 Å². The highest BCUT2D eigenvalue weighted by Gasteiger charge is 2.35. The molecule has 1 aromatic carbocycles. The molecule has 0 saturated carbocycles. The van der Waals surface area contributed by atoms with E-state index < -0.39 is 17.4 Å². The molecule has 1 heterocycles. The Hall–Kier alpha value is -1.96. The zero-order valence-corrected chi connectivity index (χ0v) is 14.1. The first-order chi connectivity index (χ1) is 10.9. The lowest BCUT2D eigenvalue weighted by molar-refractivity contribution is -0.123. The normalized spacial score (nSPS) is 13.3. The Morgan fingerprint density at radius 3 is 2.78 bits per heavy atom. The molecule has 1 atom stereocenters. The minimum Gasteiger partial charge on any atom is -0.367 e. The summed E-state index contributed by atoms with van der Waals surface area (Å²) in [6, 6.07) is 6.63. The molecule has 0 spiro atoms. The Balaban J connectivity index is 2.28. The third-order valence-corrected chi connectivity index (χ3v) is 4.54. The molecule has 1 aromatic heterocycles. The van der Waals surface area contributed by atoms with E-state index in [9.17, 15) is 9.59 Å². The highest BCUT2D eigenvalue weighted by atomic mass is 35.5. The monoisotopic (exact) mass is 352 g/mol. The molecule has 122 valence electrons. The van der Waals surface area contributed by atoms with Crippen LogP contribution in [0.25, 0.3) is 0 Å². The Morgan fingerprint density at radius 2 is 2.17 bits per heavy atom. The van der Waals surface area contributed by atoms with Crippen LogP contribution in [-0.4, -0.2) is 23.3 Å². The van der Waals surface area contributed by atoms with Crippen LogP contribution >= 0.6 is 22.9 Å². The van der Waals surface area contributed by atoms with Crippen molar-refractivity contribution in [2.45, 2.75) is 18.9 Å². The fourth-order valence-corrected chi connectivity index (χ4v) is 3.00. The predicted octanol–water partition coefficient (Wildman–Crippen LogP) is 1.43. The van der Waals surface area contributed by atoms with Gasteiger partial charge in [0, 0.05) is 16.8 Å². The van der Waals surface area contributed by atoms with Crippen molar-refractivity contribution in [3.8, 4) is 0 Å². The van der Waals surface area contributed by atoms with Crippen LogP contribution in [0.2, 0.25) is 5.02 Å². The second kappa shape index (κ2) is 7.08. The fourth-order valence-electron chi connectivity index (χ4n) is 2.02. The number of rotatable bonds is 6. The molecule has 5 N–H and O–H groups in total. The highest BCUT2D eigenvalue weighted by Crippen LogP contribution is 2.24. The first kappa shape index (κ1) is 17.4. The van der Waals surface area contributed by atoms with Crippen molar-refractivity contribution in [2.24, 2.45) is 11.5 Å². The number of hydrogen-bond acceptors (Lipinski definition) is 5. The molecular formula is C15H17ClN4O2S. The van der Waals surface area contributed by atoms with Gasteiger partial charge in [-0.05, 0) is 31.2 Å². The Labute approximate surface area is 142 Å². The van der Waals surface area contributed by atoms with Crippen molar-refractivity contribution in [1.82, 2.24) is 10.3 Å². The lowest BCUT2D eigenvalue weighted by Crippen LogP contribution is -2.52. The van der Waals surface area contributed by atoms with Crippen LogP contribution in [-0.2, 0) is 16.8 Å². The van der Waals surface area contributed by atoms with Gasteiger partial charge in [-0.2, -0.15) is 0 Å². The van der Waals surface area contributed by atoms with Gasteiger partial charge in [0.25, 0.3) is 5.91 Å². The first-order valence-corrected chi connectivity index (χ1v) is 8.15. The summed E-state index contributed by atoms with van der Waals surface area (Å²) in [7, 11) is 0. The smallest absolute Gasteiger partial charge is 0.271 e. The number of hydrogen-bond donors (Lipinski definition) is 3. The SMILES string of the molecule is CC(NC(=O)c1csc(CCN)n1)(C(N)=O)c1cccc(Cl)c1. The second-order valence-electron chi connectivity index (χ2n) is 5.12. The van der Waals surface area contributed by atoms with Gasteiger partial charge in [0.1, 0.15) is 11.2 Å². The maximum Gasteiger partial charge on any atom is 0.271 e. The highest BCUT2D eigenvalue weighted by molar-refractivity contribution is 7.09. The van der Waals surface area contributed by atoms with Crippen LogP contribution in [0.5, 0.6) is 0 Å². The van der Waals surface area contributed by atoms with Crippen LogP contribution in [0.4, 0.5) is 0 Å². The summed E-state index contributed by atoms with van der Waals surface area (Å²) in [5.74, 6) is -1.17. The van der Waals surface area contributed by atoms with Gasteiger partial charge in [0.05, 0.1) is 5.01 Å². The van der Waals surface area contributed by atoms with E-state index in [-0.39, 0.29) is 5.69 Å². The number of carbonyl (C=O) groups is 2. The average Bonchev–Trinajstić information content (AvgIpc) is 2.96. The number of nitrogens with one attached hydrogen (secondary N) is 1. The van der Waals surface area contributed by atoms with E-state index in [0.29, 0.717) is 23.6 Å². The molecule has 2 rings (SSSR count). The first-order valence-electron chi connectivity index (χ1n) is 6.89. The maximum absolute atomic E-state index is 12.4. The Kier molecular flexibility index (Phi) is 5.35. The molecule has 0 aliphatic carbocycles. The van der Waals surface area contributed by atoms with E-state index in [4.69, 9.17) is 23.1 Å². The molecule has 0 bridgehead atoms. The molecule has 8 heteroatoms. The molecule has 0 saturated heterocycles. The van der Waals surface area contributed by atoms with Crippen LogP contribution < -0.4 is 16.8 Å². The van der Waals surface area contributed by atoms with Gasteiger partial charge in [-0.3, -0.25) is 9.59 Å². The van der Waals surface area contributed by atoms with Crippen molar-refractivity contribution >= 4 is 34.8 Å². The zero-order valence-electron chi connectivity index (χ0n) is 12.5. The maximum atomic E-state index is 12.4. The molecule has 0 aliphatic heterocycles. The van der Waals surface area contributed by atoms with E-state index in [1.165, 1.54) is 18.3 Å². The summed E-state index contributed by atoms with van der Waals surface area (Å²) in [5.41, 5.74) is 10.3. The second-order valence-corrected chi connectivity index (χ2v) is 6.50. The molecule has 23 heavy (non-hydrogen) atoms. The summed E-state index contributed by atoms with van der Waals surface area (Å²) in [6.45, 7) is 1.99. The Bertz CT molecular complexity index is 734. The molecule has 2 aromatic rings. The van der Waals surface area contributed by atoms with Gasteiger partial charge in [-0.1, -0.05) is 23.7 Å². The molecular weight excluding hydrogens is 336 g/mol. The number of primary amides is 1. The molecule has 0 radical (unpaired) electrons. The summed E-state index contributed by atoms with van der Waals surface area (Å²) in [5, 5.41) is 5.49. The van der Waals surface area contributed by atoms with Gasteiger partial charge in [0.2, 0.25) is 5.91 Å². The van der Waals surface area contributed by atoms with E-state index in [1.54, 1.807) is 29.6 Å². The van der Waals surface area contributed by atoms with Gasteiger partial charge in [0.15, 0.2) is 0 Å². The fraction of sp³-hybridized carbons (Fsp3) is 0.267. The van der Waals surface area contributed by atoms with Crippen molar-refractivity contribution in [2.75, 3.05) is 6.54 Å². The summed E-state index contributed by atoms with van der Waals surface area (Å²) >= 11 is 7.31. The van der Waals surface area contributed by atoms with Gasteiger partial charge in [-0.25, -0.2) is 4.98 Å². The summed E-state index contributed by atoms with van der Waals surface area (Å²) in [4.78, 5) is 28.5. The molecule has 0 aliphatic rings. The minimum atomic E-state index is -1.39. The molecule has 6 nitrogen and oxygen atoms in total. The number of carbonyl (C=O) groups excluding carboxylic acids is 2. The van der Waals surface area contributed by atoms with Crippen molar-refractivity contribution in [3.63, 3.8) is 0 Å². The summed E-state index contributed by atoms with van der Waals surface area (Å²) < 4.78 is 0. The number of aromatic nitrogens is 1. The van der Waals surface area contributed by atoms with E-state index in [2.05, 4.69) is 10.3 Å². The lowest BCUT2D eigenvalue weighted by Gasteiger charge is -2.27. The third kappa shape index (κ3) is 3.87. The van der Waals surface area contributed by atoms with Gasteiger partial charge >= 0.3 is 0 Å². The van der Waals surface area contributed by atoms with Crippen LogP contribution in [0.3, 0.4) is 0 Å². The lowest BCUT2D eigenvalue weighted by atomic mass is 9.91. The van der Waals surface area contributed by atoms with Crippen molar-refractivity contribution in [1.29, 1.82) is 0 Å². The molecule has 1 unspecified atom stereocenters. The average molecular weight is 353 g/mol. The van der Waals surface area contributed by atoms with Crippen LogP contribution in [0.15, 0.2) is 29.6 Å². The molecule has 2 amide bonds. The largest absolute Gasteiger partial charge is 0.367 e. The number of amides is 2. The van der Waals surface area contributed by atoms with Gasteiger partial charge < -0.3 is 16.8 Å².